The smallest absolute Gasteiger partial charge is 0.0250 e. The van der Waals surface area contributed by atoms with Gasteiger partial charge in [0.25, 0.3) is 0 Å². The molecule has 2 rings (SSSR count). The van der Waals surface area contributed by atoms with E-state index in [1.807, 2.05) is 0 Å². The van der Waals surface area contributed by atoms with Gasteiger partial charge in [-0.25, -0.2) is 0 Å². The monoisotopic (exact) mass is 228 g/mol. The summed E-state index contributed by atoms with van der Waals surface area (Å²) in [6.07, 6.45) is 0. The zero-order valence-electron chi connectivity index (χ0n) is 10.5. The Bertz CT molecular complexity index is 498. The summed E-state index contributed by atoms with van der Waals surface area (Å²) in [5.41, 5.74) is 7.03. The third kappa shape index (κ3) is 2.84. The number of nitrogens with two attached hydrogens (primary N) is 1. The van der Waals surface area contributed by atoms with Gasteiger partial charge in [-0.05, 0) is 30.2 Å². The van der Waals surface area contributed by atoms with Crippen LogP contribution in [0.3, 0.4) is 0 Å². The molecule has 2 nitrogen and oxygen atoms in total. The Labute approximate surface area is 103 Å². The highest BCUT2D eigenvalue weighted by Crippen LogP contribution is 2.18. The molecule has 0 aliphatic rings. The number of hydrogen-bond donors (Lipinski definition) is 2. The largest absolute Gasteiger partial charge is 0.329 e. The van der Waals surface area contributed by atoms with Gasteiger partial charge in [0.1, 0.15) is 0 Å². The fraction of sp³-hybridized carbons (Fsp3) is 0.333. The SMILES string of the molecule is CC(C)(CN)NCc1cccc2ccccc12. The minimum absolute atomic E-state index is 0.0169. The third-order valence-corrected chi connectivity index (χ3v) is 3.15. The summed E-state index contributed by atoms with van der Waals surface area (Å²) in [4.78, 5) is 0. The molecular weight excluding hydrogens is 208 g/mol. The second-order valence-corrected chi connectivity index (χ2v) is 5.08. The fourth-order valence-electron chi connectivity index (χ4n) is 1.85. The molecule has 3 N–H and O–H groups in total. The minimum Gasteiger partial charge on any atom is -0.329 e. The molecule has 0 aliphatic carbocycles. The van der Waals surface area contributed by atoms with Crippen LogP contribution in [0.5, 0.6) is 0 Å². The lowest BCUT2D eigenvalue weighted by Gasteiger charge is -2.24. The highest BCUT2D eigenvalue weighted by atomic mass is 15.0. The molecule has 0 saturated carbocycles. The first-order chi connectivity index (χ1) is 8.12. The summed E-state index contributed by atoms with van der Waals surface area (Å²) in [6, 6.07) is 14.9. The zero-order chi connectivity index (χ0) is 12.3. The summed E-state index contributed by atoms with van der Waals surface area (Å²) < 4.78 is 0. The standard InChI is InChI=1S/C15H20N2/c1-15(2,11-16)17-10-13-8-5-7-12-6-3-4-9-14(12)13/h3-9,17H,10-11,16H2,1-2H3. The van der Waals surface area contributed by atoms with Crippen molar-refractivity contribution in [3.63, 3.8) is 0 Å². The maximum absolute atomic E-state index is 5.72. The number of benzene rings is 2. The van der Waals surface area contributed by atoms with Crippen LogP contribution in [-0.2, 0) is 6.54 Å². The fourth-order valence-corrected chi connectivity index (χ4v) is 1.85. The average molecular weight is 228 g/mol. The first-order valence-electron chi connectivity index (χ1n) is 6.04. The van der Waals surface area contributed by atoms with Crippen molar-refractivity contribution in [1.82, 2.24) is 5.32 Å². The van der Waals surface area contributed by atoms with Crippen LogP contribution in [-0.4, -0.2) is 12.1 Å². The number of nitrogens with one attached hydrogen (secondary N) is 1. The number of fused-ring (bicyclic) bond motifs is 1. The van der Waals surface area contributed by atoms with Gasteiger partial charge in [0.2, 0.25) is 0 Å². The van der Waals surface area contributed by atoms with Crippen molar-refractivity contribution >= 4 is 10.8 Å². The van der Waals surface area contributed by atoms with Crippen molar-refractivity contribution in [2.75, 3.05) is 6.54 Å². The highest BCUT2D eigenvalue weighted by molar-refractivity contribution is 5.85. The topological polar surface area (TPSA) is 38.0 Å². The molecule has 90 valence electrons. The minimum atomic E-state index is -0.0169. The molecule has 0 heterocycles. The molecule has 17 heavy (non-hydrogen) atoms. The predicted octanol–water partition coefficient (Wildman–Crippen LogP) is 2.67. The van der Waals surface area contributed by atoms with Crippen molar-refractivity contribution in [3.05, 3.63) is 48.0 Å². The molecule has 2 aromatic carbocycles. The van der Waals surface area contributed by atoms with E-state index in [1.54, 1.807) is 0 Å². The summed E-state index contributed by atoms with van der Waals surface area (Å²) in [6.45, 7) is 5.74. The van der Waals surface area contributed by atoms with Crippen LogP contribution in [0.1, 0.15) is 19.4 Å². The third-order valence-electron chi connectivity index (χ3n) is 3.15. The first kappa shape index (κ1) is 12.1. The van der Waals surface area contributed by atoms with Gasteiger partial charge in [-0.1, -0.05) is 42.5 Å². The summed E-state index contributed by atoms with van der Waals surface area (Å²) in [5.74, 6) is 0. The van der Waals surface area contributed by atoms with Crippen LogP contribution in [0.25, 0.3) is 10.8 Å². The van der Waals surface area contributed by atoms with Crippen LogP contribution >= 0.6 is 0 Å². The van der Waals surface area contributed by atoms with Gasteiger partial charge in [0.05, 0.1) is 0 Å². The lowest BCUT2D eigenvalue weighted by atomic mass is 10.0. The Hall–Kier alpha value is -1.38. The summed E-state index contributed by atoms with van der Waals surface area (Å²) >= 11 is 0. The lowest BCUT2D eigenvalue weighted by Crippen LogP contribution is -2.45. The molecule has 2 heteroatoms. The van der Waals surface area contributed by atoms with Gasteiger partial charge in [-0.2, -0.15) is 0 Å². The highest BCUT2D eigenvalue weighted by Gasteiger charge is 2.14. The summed E-state index contributed by atoms with van der Waals surface area (Å²) in [7, 11) is 0. The van der Waals surface area contributed by atoms with Gasteiger partial charge >= 0.3 is 0 Å². The van der Waals surface area contributed by atoms with Crippen molar-refractivity contribution in [2.45, 2.75) is 25.9 Å². The van der Waals surface area contributed by atoms with E-state index in [2.05, 4.69) is 61.6 Å². The molecule has 0 unspecified atom stereocenters. The van der Waals surface area contributed by atoms with Crippen LogP contribution in [0.2, 0.25) is 0 Å². The average Bonchev–Trinajstić information content (AvgIpc) is 2.36. The van der Waals surface area contributed by atoms with Crippen molar-refractivity contribution in [2.24, 2.45) is 5.73 Å². The first-order valence-corrected chi connectivity index (χ1v) is 6.04. The van der Waals surface area contributed by atoms with E-state index in [1.165, 1.54) is 16.3 Å². The van der Waals surface area contributed by atoms with Crippen LogP contribution in [0, 0.1) is 0 Å². The molecule has 0 atom stereocenters. The number of rotatable bonds is 4. The van der Waals surface area contributed by atoms with E-state index >= 15 is 0 Å². The van der Waals surface area contributed by atoms with Crippen molar-refractivity contribution in [3.8, 4) is 0 Å². The lowest BCUT2D eigenvalue weighted by molar-refractivity contribution is 0.397. The second-order valence-electron chi connectivity index (χ2n) is 5.08. The van der Waals surface area contributed by atoms with E-state index in [0.717, 1.165) is 6.54 Å². The molecule has 0 saturated heterocycles. The van der Waals surface area contributed by atoms with E-state index < -0.39 is 0 Å². The Morgan fingerprint density at radius 3 is 2.53 bits per heavy atom. The molecule has 2 aromatic rings. The molecule has 0 radical (unpaired) electrons. The molecule has 0 spiro atoms. The second kappa shape index (κ2) is 4.86. The molecular formula is C15H20N2. The van der Waals surface area contributed by atoms with Crippen LogP contribution < -0.4 is 11.1 Å². The van der Waals surface area contributed by atoms with Gasteiger partial charge in [0.15, 0.2) is 0 Å². The Morgan fingerprint density at radius 1 is 1.06 bits per heavy atom. The molecule has 0 amide bonds. The van der Waals surface area contributed by atoms with Gasteiger partial charge < -0.3 is 11.1 Å². The van der Waals surface area contributed by atoms with E-state index in [4.69, 9.17) is 5.73 Å². The quantitative estimate of drug-likeness (QED) is 0.844. The van der Waals surface area contributed by atoms with Crippen molar-refractivity contribution in [1.29, 1.82) is 0 Å². The summed E-state index contributed by atoms with van der Waals surface area (Å²) in [5, 5.41) is 6.10. The molecule has 0 bridgehead atoms. The van der Waals surface area contributed by atoms with E-state index in [9.17, 15) is 0 Å². The Kier molecular flexibility index (Phi) is 3.46. The maximum Gasteiger partial charge on any atom is 0.0250 e. The molecule has 0 aliphatic heterocycles. The van der Waals surface area contributed by atoms with Crippen LogP contribution in [0.4, 0.5) is 0 Å². The maximum atomic E-state index is 5.72. The predicted molar refractivity (Wildman–Crippen MR) is 73.9 cm³/mol. The zero-order valence-corrected chi connectivity index (χ0v) is 10.5. The van der Waals surface area contributed by atoms with Crippen LogP contribution in [0.15, 0.2) is 42.5 Å². The van der Waals surface area contributed by atoms with Gasteiger partial charge in [-0.3, -0.25) is 0 Å². The van der Waals surface area contributed by atoms with Gasteiger partial charge in [-0.15, -0.1) is 0 Å². The van der Waals surface area contributed by atoms with Crippen molar-refractivity contribution < 1.29 is 0 Å². The Balaban J connectivity index is 2.24. The van der Waals surface area contributed by atoms with Gasteiger partial charge in [0, 0.05) is 18.6 Å². The Morgan fingerprint density at radius 2 is 1.76 bits per heavy atom. The number of hydrogen-bond acceptors (Lipinski definition) is 2. The van der Waals surface area contributed by atoms with E-state index in [0.29, 0.717) is 6.54 Å². The van der Waals surface area contributed by atoms with E-state index in [-0.39, 0.29) is 5.54 Å². The molecule has 0 aromatic heterocycles. The molecule has 0 fully saturated rings. The normalized spacial score (nSPS) is 11.9.